The maximum Gasteiger partial charge on any atom is 0.338 e. The molecule has 0 aliphatic heterocycles. The Hall–Kier alpha value is -2.56. The van der Waals surface area contributed by atoms with Gasteiger partial charge in [0.1, 0.15) is 5.82 Å². The molecule has 0 bridgehead atoms. The van der Waals surface area contributed by atoms with Crippen molar-refractivity contribution >= 4 is 17.5 Å². The zero-order valence-electron chi connectivity index (χ0n) is 11.8. The van der Waals surface area contributed by atoms with Gasteiger partial charge in [0.15, 0.2) is 0 Å². The summed E-state index contributed by atoms with van der Waals surface area (Å²) < 4.78 is 4.72. The highest BCUT2D eigenvalue weighted by molar-refractivity contribution is 5.90. The van der Waals surface area contributed by atoms with Crippen LogP contribution in [-0.2, 0) is 11.2 Å². The topological polar surface area (TPSA) is 77.2 Å². The van der Waals surface area contributed by atoms with E-state index in [1.54, 1.807) is 18.3 Å². The average molecular weight is 283 g/mol. The average Bonchev–Trinajstić information content (AvgIpc) is 2.89. The fourth-order valence-electron chi connectivity index (χ4n) is 2.72. The molecule has 3 rings (SSSR count). The Morgan fingerprint density at radius 2 is 2.24 bits per heavy atom. The molecular formula is C16H17N3O2. The van der Waals surface area contributed by atoms with Gasteiger partial charge in [-0.05, 0) is 48.2 Å². The second-order valence-corrected chi connectivity index (χ2v) is 5.12. The summed E-state index contributed by atoms with van der Waals surface area (Å²) in [6.45, 7) is 0. The second kappa shape index (κ2) is 5.44. The van der Waals surface area contributed by atoms with Gasteiger partial charge in [-0.15, -0.1) is 0 Å². The minimum Gasteiger partial charge on any atom is -0.465 e. The molecule has 0 radical (unpaired) electrons. The molecule has 5 heteroatoms. The Labute approximate surface area is 123 Å². The summed E-state index contributed by atoms with van der Waals surface area (Å²) >= 11 is 0. The van der Waals surface area contributed by atoms with Crippen LogP contribution in [0.4, 0.5) is 11.5 Å². The monoisotopic (exact) mass is 283 g/mol. The summed E-state index contributed by atoms with van der Waals surface area (Å²) in [6, 6.07) is 9.54. The van der Waals surface area contributed by atoms with E-state index in [1.807, 2.05) is 12.1 Å². The highest BCUT2D eigenvalue weighted by atomic mass is 16.5. The first kappa shape index (κ1) is 13.4. The number of hydrogen-bond acceptors (Lipinski definition) is 5. The first-order chi connectivity index (χ1) is 10.2. The van der Waals surface area contributed by atoms with Crippen LogP contribution in [0.2, 0.25) is 0 Å². The largest absolute Gasteiger partial charge is 0.465 e. The third kappa shape index (κ3) is 2.67. The number of pyridine rings is 1. The molecule has 0 amide bonds. The number of hydrogen-bond donors (Lipinski definition) is 2. The Morgan fingerprint density at radius 1 is 1.38 bits per heavy atom. The predicted molar refractivity (Wildman–Crippen MR) is 81.1 cm³/mol. The number of carbonyl (C=O) groups is 1. The molecule has 1 unspecified atom stereocenters. The van der Waals surface area contributed by atoms with Crippen LogP contribution in [0.1, 0.15) is 33.9 Å². The maximum atomic E-state index is 11.5. The standard InChI is InChI=1S/C16H17N3O2/c1-21-16(20)11-6-7-18-15(9-11)19-14-5-2-10-8-12(17)3-4-13(10)14/h3-4,6-9,14H,2,5,17H2,1H3,(H,18,19). The first-order valence-corrected chi connectivity index (χ1v) is 6.86. The van der Waals surface area contributed by atoms with Crippen LogP contribution >= 0.6 is 0 Å². The quantitative estimate of drug-likeness (QED) is 0.668. The molecule has 1 aromatic carbocycles. The zero-order chi connectivity index (χ0) is 14.8. The van der Waals surface area contributed by atoms with E-state index in [9.17, 15) is 4.79 Å². The van der Waals surface area contributed by atoms with Crippen LogP contribution in [0.3, 0.4) is 0 Å². The number of methoxy groups -OCH3 is 1. The number of rotatable bonds is 3. The van der Waals surface area contributed by atoms with E-state index in [4.69, 9.17) is 10.5 Å². The van der Waals surface area contributed by atoms with Gasteiger partial charge in [-0.2, -0.15) is 0 Å². The molecule has 2 aromatic rings. The van der Waals surface area contributed by atoms with Crippen LogP contribution in [-0.4, -0.2) is 18.1 Å². The van der Waals surface area contributed by atoms with Gasteiger partial charge < -0.3 is 15.8 Å². The highest BCUT2D eigenvalue weighted by Gasteiger charge is 2.22. The number of nitrogens with zero attached hydrogens (tertiary/aromatic N) is 1. The molecule has 108 valence electrons. The van der Waals surface area contributed by atoms with Gasteiger partial charge in [0, 0.05) is 11.9 Å². The smallest absolute Gasteiger partial charge is 0.338 e. The van der Waals surface area contributed by atoms with Gasteiger partial charge in [0.2, 0.25) is 0 Å². The molecule has 1 aliphatic rings. The molecule has 0 saturated heterocycles. The number of ether oxygens (including phenoxy) is 1. The molecular weight excluding hydrogens is 266 g/mol. The number of nitrogen functional groups attached to an aromatic ring is 1. The van der Waals surface area contributed by atoms with Crippen molar-refractivity contribution in [1.29, 1.82) is 0 Å². The van der Waals surface area contributed by atoms with Crippen molar-refractivity contribution in [3.63, 3.8) is 0 Å². The first-order valence-electron chi connectivity index (χ1n) is 6.86. The van der Waals surface area contributed by atoms with E-state index in [0.29, 0.717) is 11.4 Å². The molecule has 5 nitrogen and oxygen atoms in total. The number of aromatic nitrogens is 1. The van der Waals surface area contributed by atoms with Crippen molar-refractivity contribution in [1.82, 2.24) is 4.98 Å². The van der Waals surface area contributed by atoms with E-state index in [-0.39, 0.29) is 12.0 Å². The number of nitrogens with two attached hydrogens (primary N) is 1. The summed E-state index contributed by atoms with van der Waals surface area (Å²) in [6.07, 6.45) is 3.59. The van der Waals surface area contributed by atoms with E-state index < -0.39 is 0 Å². The Balaban J connectivity index is 1.81. The SMILES string of the molecule is COC(=O)c1ccnc(NC2CCc3cc(N)ccc32)c1. The van der Waals surface area contributed by atoms with E-state index in [2.05, 4.69) is 16.4 Å². The van der Waals surface area contributed by atoms with Gasteiger partial charge >= 0.3 is 5.97 Å². The van der Waals surface area contributed by atoms with Crippen LogP contribution in [0, 0.1) is 0 Å². The third-order valence-electron chi connectivity index (χ3n) is 3.75. The Kier molecular flexibility index (Phi) is 3.48. The minimum atomic E-state index is -0.361. The lowest BCUT2D eigenvalue weighted by Crippen LogP contribution is -2.10. The summed E-state index contributed by atoms with van der Waals surface area (Å²) in [5.41, 5.74) is 9.62. The summed E-state index contributed by atoms with van der Waals surface area (Å²) in [5, 5.41) is 3.38. The minimum absolute atomic E-state index is 0.195. The van der Waals surface area contributed by atoms with Gasteiger partial charge in [0.25, 0.3) is 0 Å². The molecule has 1 heterocycles. The molecule has 1 aliphatic carbocycles. The third-order valence-corrected chi connectivity index (χ3v) is 3.75. The van der Waals surface area contributed by atoms with E-state index in [0.717, 1.165) is 18.5 Å². The lowest BCUT2D eigenvalue weighted by molar-refractivity contribution is 0.0600. The molecule has 0 saturated carbocycles. The molecule has 3 N–H and O–H groups in total. The second-order valence-electron chi connectivity index (χ2n) is 5.12. The maximum absolute atomic E-state index is 11.5. The summed E-state index contributed by atoms with van der Waals surface area (Å²) in [4.78, 5) is 15.8. The molecule has 21 heavy (non-hydrogen) atoms. The van der Waals surface area contributed by atoms with Crippen LogP contribution < -0.4 is 11.1 Å². The summed E-state index contributed by atoms with van der Waals surface area (Å²) in [7, 11) is 1.37. The van der Waals surface area contributed by atoms with E-state index in [1.165, 1.54) is 18.2 Å². The fourth-order valence-corrected chi connectivity index (χ4v) is 2.72. The number of fused-ring (bicyclic) bond motifs is 1. The predicted octanol–water partition coefficient (Wildman–Crippen LogP) is 2.55. The van der Waals surface area contributed by atoms with Crippen molar-refractivity contribution in [3.05, 3.63) is 53.2 Å². The molecule has 0 fully saturated rings. The fraction of sp³-hybridized carbons (Fsp3) is 0.250. The van der Waals surface area contributed by atoms with Crippen molar-refractivity contribution < 1.29 is 9.53 Å². The molecule has 0 spiro atoms. The van der Waals surface area contributed by atoms with Crippen molar-refractivity contribution in [2.75, 3.05) is 18.2 Å². The van der Waals surface area contributed by atoms with Crippen molar-refractivity contribution in [3.8, 4) is 0 Å². The number of aryl methyl sites for hydroxylation is 1. The normalized spacial score (nSPS) is 16.3. The lowest BCUT2D eigenvalue weighted by Gasteiger charge is -2.15. The molecule has 1 aromatic heterocycles. The van der Waals surface area contributed by atoms with Gasteiger partial charge in [-0.3, -0.25) is 0 Å². The Morgan fingerprint density at radius 3 is 3.05 bits per heavy atom. The van der Waals surface area contributed by atoms with Gasteiger partial charge in [-0.25, -0.2) is 9.78 Å². The number of nitrogens with one attached hydrogen (secondary N) is 1. The number of anilines is 2. The zero-order valence-corrected chi connectivity index (χ0v) is 11.8. The van der Waals surface area contributed by atoms with Crippen LogP contribution in [0.25, 0.3) is 0 Å². The van der Waals surface area contributed by atoms with Crippen LogP contribution in [0.15, 0.2) is 36.5 Å². The van der Waals surface area contributed by atoms with Gasteiger partial charge in [-0.1, -0.05) is 6.07 Å². The Bertz CT molecular complexity index is 685. The van der Waals surface area contributed by atoms with Gasteiger partial charge in [0.05, 0.1) is 18.7 Å². The number of benzene rings is 1. The lowest BCUT2D eigenvalue weighted by atomic mass is 10.1. The summed E-state index contributed by atoms with van der Waals surface area (Å²) in [5.74, 6) is 0.313. The van der Waals surface area contributed by atoms with Crippen molar-refractivity contribution in [2.24, 2.45) is 0 Å². The van der Waals surface area contributed by atoms with Crippen LogP contribution in [0.5, 0.6) is 0 Å². The van der Waals surface area contributed by atoms with E-state index >= 15 is 0 Å². The number of esters is 1. The number of carbonyl (C=O) groups excluding carboxylic acids is 1. The highest BCUT2D eigenvalue weighted by Crippen LogP contribution is 2.34. The van der Waals surface area contributed by atoms with Crippen molar-refractivity contribution in [2.45, 2.75) is 18.9 Å². The molecule has 1 atom stereocenters.